The van der Waals surface area contributed by atoms with E-state index in [1.807, 2.05) is 12.1 Å². The number of nitrogens with two attached hydrogens (primary N) is 1. The molecule has 0 atom stereocenters. The predicted octanol–water partition coefficient (Wildman–Crippen LogP) is 1.62. The summed E-state index contributed by atoms with van der Waals surface area (Å²) in [4.78, 5) is 13.9. The SMILES string of the molecule is CCN(c1cc(C(=O)NC)ccc1N)C1CC1. The van der Waals surface area contributed by atoms with Gasteiger partial charge in [-0.05, 0) is 38.0 Å². The molecule has 1 fully saturated rings. The van der Waals surface area contributed by atoms with Crippen molar-refractivity contribution in [3.8, 4) is 0 Å². The lowest BCUT2D eigenvalue weighted by atomic mass is 10.1. The Hall–Kier alpha value is -1.71. The van der Waals surface area contributed by atoms with E-state index in [4.69, 9.17) is 5.73 Å². The van der Waals surface area contributed by atoms with Crippen LogP contribution >= 0.6 is 0 Å². The van der Waals surface area contributed by atoms with Crippen LogP contribution in [-0.4, -0.2) is 25.5 Å². The molecule has 0 unspecified atom stereocenters. The summed E-state index contributed by atoms with van der Waals surface area (Å²) in [5.74, 6) is -0.0712. The zero-order valence-corrected chi connectivity index (χ0v) is 10.4. The Morgan fingerprint density at radius 2 is 2.24 bits per heavy atom. The standard InChI is InChI=1S/C13H19N3O/c1-3-16(10-5-6-10)12-8-9(13(17)15-2)4-7-11(12)14/h4,7-8,10H,3,5-6,14H2,1-2H3,(H,15,17). The summed E-state index contributed by atoms with van der Waals surface area (Å²) in [5, 5.41) is 2.63. The molecule has 1 aromatic rings. The van der Waals surface area contributed by atoms with Crippen LogP contribution in [0.5, 0.6) is 0 Å². The summed E-state index contributed by atoms with van der Waals surface area (Å²) >= 11 is 0. The number of nitrogens with zero attached hydrogens (tertiary/aromatic N) is 1. The summed E-state index contributed by atoms with van der Waals surface area (Å²) < 4.78 is 0. The molecule has 17 heavy (non-hydrogen) atoms. The van der Waals surface area contributed by atoms with Crippen molar-refractivity contribution in [2.24, 2.45) is 0 Å². The zero-order chi connectivity index (χ0) is 12.4. The van der Waals surface area contributed by atoms with Crippen molar-refractivity contribution in [2.75, 3.05) is 24.2 Å². The molecule has 2 rings (SSSR count). The predicted molar refractivity (Wildman–Crippen MR) is 70.3 cm³/mol. The maximum atomic E-state index is 11.6. The summed E-state index contributed by atoms with van der Waals surface area (Å²) in [6.45, 7) is 3.04. The molecule has 0 spiro atoms. The van der Waals surface area contributed by atoms with Gasteiger partial charge in [0.1, 0.15) is 0 Å². The second-order valence-corrected chi connectivity index (χ2v) is 4.37. The zero-order valence-electron chi connectivity index (χ0n) is 10.4. The molecule has 0 radical (unpaired) electrons. The third-order valence-corrected chi connectivity index (χ3v) is 3.16. The third kappa shape index (κ3) is 2.35. The Kier molecular flexibility index (Phi) is 3.22. The number of nitrogen functional groups attached to an aromatic ring is 1. The molecule has 1 amide bonds. The van der Waals surface area contributed by atoms with E-state index in [0.29, 0.717) is 11.6 Å². The first kappa shape index (κ1) is 11.8. The maximum absolute atomic E-state index is 11.6. The van der Waals surface area contributed by atoms with Gasteiger partial charge in [0.25, 0.3) is 5.91 Å². The van der Waals surface area contributed by atoms with Gasteiger partial charge in [0, 0.05) is 25.2 Å². The molecule has 1 aromatic carbocycles. The van der Waals surface area contributed by atoms with Gasteiger partial charge in [-0.15, -0.1) is 0 Å². The third-order valence-electron chi connectivity index (χ3n) is 3.16. The van der Waals surface area contributed by atoms with Gasteiger partial charge in [0.2, 0.25) is 0 Å². The van der Waals surface area contributed by atoms with Crippen LogP contribution in [0, 0.1) is 0 Å². The summed E-state index contributed by atoms with van der Waals surface area (Å²) in [6, 6.07) is 6.06. The lowest BCUT2D eigenvalue weighted by Gasteiger charge is -2.24. The fourth-order valence-corrected chi connectivity index (χ4v) is 2.09. The first-order valence-corrected chi connectivity index (χ1v) is 6.05. The normalized spacial score (nSPS) is 14.5. The summed E-state index contributed by atoms with van der Waals surface area (Å²) in [5.41, 5.74) is 8.39. The number of hydrogen-bond acceptors (Lipinski definition) is 3. The van der Waals surface area contributed by atoms with E-state index in [-0.39, 0.29) is 5.91 Å². The summed E-state index contributed by atoms with van der Waals surface area (Å²) in [7, 11) is 1.64. The van der Waals surface area contributed by atoms with E-state index in [1.165, 1.54) is 12.8 Å². The molecule has 0 aromatic heterocycles. The average molecular weight is 233 g/mol. The highest BCUT2D eigenvalue weighted by Crippen LogP contribution is 2.34. The first-order chi connectivity index (χ1) is 8.17. The van der Waals surface area contributed by atoms with E-state index in [2.05, 4.69) is 17.1 Å². The Balaban J connectivity index is 2.33. The number of anilines is 2. The number of benzene rings is 1. The van der Waals surface area contributed by atoms with Gasteiger partial charge in [-0.1, -0.05) is 0 Å². The highest BCUT2D eigenvalue weighted by atomic mass is 16.1. The number of carbonyl (C=O) groups excluding carboxylic acids is 1. The highest BCUT2D eigenvalue weighted by molar-refractivity contribution is 5.96. The van der Waals surface area contributed by atoms with Crippen LogP contribution in [-0.2, 0) is 0 Å². The van der Waals surface area contributed by atoms with Crippen LogP contribution in [0.15, 0.2) is 18.2 Å². The smallest absolute Gasteiger partial charge is 0.251 e. The van der Waals surface area contributed by atoms with Crippen molar-refractivity contribution in [3.05, 3.63) is 23.8 Å². The Bertz CT molecular complexity index is 427. The molecule has 1 saturated carbocycles. The molecule has 0 aliphatic heterocycles. The largest absolute Gasteiger partial charge is 0.397 e. The van der Waals surface area contributed by atoms with Gasteiger partial charge >= 0.3 is 0 Å². The number of carbonyl (C=O) groups is 1. The molecular weight excluding hydrogens is 214 g/mol. The van der Waals surface area contributed by atoms with Gasteiger partial charge in [0.05, 0.1) is 11.4 Å². The fraction of sp³-hybridized carbons (Fsp3) is 0.462. The lowest BCUT2D eigenvalue weighted by molar-refractivity contribution is 0.0963. The minimum Gasteiger partial charge on any atom is -0.397 e. The van der Waals surface area contributed by atoms with Crippen molar-refractivity contribution in [3.63, 3.8) is 0 Å². The fourth-order valence-electron chi connectivity index (χ4n) is 2.09. The first-order valence-electron chi connectivity index (χ1n) is 6.05. The van der Waals surface area contributed by atoms with Crippen LogP contribution in [0.25, 0.3) is 0 Å². The number of nitrogens with one attached hydrogen (secondary N) is 1. The molecule has 3 N–H and O–H groups in total. The Morgan fingerprint density at radius 1 is 1.53 bits per heavy atom. The van der Waals surface area contributed by atoms with E-state index in [0.717, 1.165) is 17.9 Å². The van der Waals surface area contributed by atoms with Gasteiger partial charge in [-0.25, -0.2) is 0 Å². The molecular formula is C13H19N3O. The molecule has 0 bridgehead atoms. The average Bonchev–Trinajstić information content (AvgIpc) is 3.16. The molecule has 0 saturated heterocycles. The number of hydrogen-bond donors (Lipinski definition) is 2. The minimum atomic E-state index is -0.0712. The highest BCUT2D eigenvalue weighted by Gasteiger charge is 2.29. The van der Waals surface area contributed by atoms with Crippen LogP contribution in [0.3, 0.4) is 0 Å². The van der Waals surface area contributed by atoms with E-state index in [9.17, 15) is 4.79 Å². The second kappa shape index (κ2) is 4.65. The van der Waals surface area contributed by atoms with Gasteiger partial charge in [0.15, 0.2) is 0 Å². The van der Waals surface area contributed by atoms with Gasteiger partial charge in [-0.2, -0.15) is 0 Å². The number of rotatable bonds is 4. The molecule has 1 aliphatic rings. The minimum absolute atomic E-state index is 0.0712. The molecule has 1 aliphatic carbocycles. The quantitative estimate of drug-likeness (QED) is 0.777. The van der Waals surface area contributed by atoms with Crippen molar-refractivity contribution in [2.45, 2.75) is 25.8 Å². The van der Waals surface area contributed by atoms with Gasteiger partial charge in [-0.3, -0.25) is 4.79 Å². The van der Waals surface area contributed by atoms with E-state index >= 15 is 0 Å². The lowest BCUT2D eigenvalue weighted by Crippen LogP contribution is -2.27. The Labute approximate surface area is 102 Å². The van der Waals surface area contributed by atoms with Crippen LogP contribution in [0.2, 0.25) is 0 Å². The second-order valence-electron chi connectivity index (χ2n) is 4.37. The van der Waals surface area contributed by atoms with E-state index in [1.54, 1.807) is 13.1 Å². The van der Waals surface area contributed by atoms with Crippen molar-refractivity contribution >= 4 is 17.3 Å². The van der Waals surface area contributed by atoms with Crippen LogP contribution < -0.4 is 16.0 Å². The monoisotopic (exact) mass is 233 g/mol. The number of amides is 1. The van der Waals surface area contributed by atoms with Crippen LogP contribution in [0.1, 0.15) is 30.1 Å². The molecule has 4 nitrogen and oxygen atoms in total. The topological polar surface area (TPSA) is 58.4 Å². The summed E-state index contributed by atoms with van der Waals surface area (Å²) in [6.07, 6.45) is 2.44. The Morgan fingerprint density at radius 3 is 2.76 bits per heavy atom. The van der Waals surface area contributed by atoms with Gasteiger partial charge < -0.3 is 16.0 Å². The maximum Gasteiger partial charge on any atom is 0.251 e. The van der Waals surface area contributed by atoms with E-state index < -0.39 is 0 Å². The molecule has 92 valence electrons. The molecule has 0 heterocycles. The molecule has 4 heteroatoms. The van der Waals surface area contributed by atoms with Crippen LogP contribution in [0.4, 0.5) is 11.4 Å². The van der Waals surface area contributed by atoms with Crippen molar-refractivity contribution in [1.82, 2.24) is 5.32 Å². The van der Waals surface area contributed by atoms with Crippen molar-refractivity contribution < 1.29 is 4.79 Å². The van der Waals surface area contributed by atoms with Crippen molar-refractivity contribution in [1.29, 1.82) is 0 Å².